The molecular formula is C9H21LiSi. The minimum atomic E-state index is -0.694. The Bertz CT molecular complexity index is 102. The number of hydrogen-bond acceptors (Lipinski definition) is 0. The van der Waals surface area contributed by atoms with E-state index in [9.17, 15) is 0 Å². The van der Waals surface area contributed by atoms with Crippen LogP contribution in [-0.2, 0) is 0 Å². The van der Waals surface area contributed by atoms with Gasteiger partial charge < -0.3 is 0 Å². The molecule has 0 saturated carbocycles. The van der Waals surface area contributed by atoms with Crippen molar-refractivity contribution in [1.82, 2.24) is 0 Å². The topological polar surface area (TPSA) is 0 Å². The van der Waals surface area contributed by atoms with Gasteiger partial charge in [-0.25, -0.2) is 0 Å². The van der Waals surface area contributed by atoms with Gasteiger partial charge in [0, 0.05) is 0 Å². The molecule has 1 heterocycles. The average molecular weight is 164 g/mol. The van der Waals surface area contributed by atoms with Crippen LogP contribution in [0.15, 0.2) is 0 Å². The van der Waals surface area contributed by atoms with E-state index in [1.807, 2.05) is 23.3 Å². The maximum atomic E-state index is 2.54. The van der Waals surface area contributed by atoms with Gasteiger partial charge in [0.25, 0.3) is 0 Å². The van der Waals surface area contributed by atoms with Gasteiger partial charge in [0.15, 0.2) is 0 Å². The zero-order chi connectivity index (χ0) is 8.91. The van der Waals surface area contributed by atoms with E-state index in [4.69, 9.17) is 0 Å². The monoisotopic (exact) mass is 164 g/mol. The predicted octanol–water partition coefficient (Wildman–Crippen LogP) is 3.47. The summed E-state index contributed by atoms with van der Waals surface area (Å²) in [6.45, 7) is 7.53. The standard InChI is InChI=1S/C8H18Si.CH3.Li/c1-8-6-4-5-7-9(8,2)3;;/h8H,4-7H2,1-3H3;1H3;. The Kier molecular flexibility index (Phi) is 5.86. The van der Waals surface area contributed by atoms with Gasteiger partial charge in [0.1, 0.15) is 0 Å². The van der Waals surface area contributed by atoms with Crippen LogP contribution in [0, 0.1) is 0 Å². The Morgan fingerprint density at radius 1 is 1.18 bits per heavy atom. The Balaban J connectivity index is 0.000000461. The van der Waals surface area contributed by atoms with Gasteiger partial charge in [-0.3, -0.25) is 0 Å². The SMILES string of the molecule is CC1CCCC[Si]1(C)C.[Li][CH3]. The molecule has 62 valence electrons. The molecule has 0 bridgehead atoms. The van der Waals surface area contributed by atoms with Crippen molar-refractivity contribution in [1.29, 1.82) is 0 Å². The van der Waals surface area contributed by atoms with E-state index in [-0.39, 0.29) is 0 Å². The average Bonchev–Trinajstić information content (AvgIpc) is 2.00. The third kappa shape index (κ3) is 3.83. The molecule has 0 N–H and O–H groups in total. The molecule has 1 atom stereocenters. The van der Waals surface area contributed by atoms with Crippen LogP contribution < -0.4 is 0 Å². The summed E-state index contributed by atoms with van der Waals surface area (Å²) in [5.41, 5.74) is 3.09. The summed E-state index contributed by atoms with van der Waals surface area (Å²) in [5.74, 6) is 0. The second kappa shape index (κ2) is 5.46. The molecule has 0 aromatic heterocycles. The summed E-state index contributed by atoms with van der Waals surface area (Å²) in [7, 11) is -0.694. The summed E-state index contributed by atoms with van der Waals surface area (Å²) in [4.78, 5) is 0. The molecule has 1 saturated heterocycles. The van der Waals surface area contributed by atoms with Crippen molar-refractivity contribution in [2.45, 2.75) is 56.5 Å². The van der Waals surface area contributed by atoms with E-state index in [0.29, 0.717) is 0 Å². The molecule has 1 rings (SSSR count). The summed E-state index contributed by atoms with van der Waals surface area (Å²) < 4.78 is 0. The van der Waals surface area contributed by atoms with Crippen molar-refractivity contribution < 1.29 is 0 Å². The summed E-state index contributed by atoms with van der Waals surface area (Å²) >= 11 is 2.00. The van der Waals surface area contributed by atoms with Gasteiger partial charge in [0.05, 0.1) is 8.07 Å². The molecule has 0 aromatic carbocycles. The second-order valence-corrected chi connectivity index (χ2v) is 9.60. The molecular weight excluding hydrogens is 143 g/mol. The molecule has 0 spiro atoms. The van der Waals surface area contributed by atoms with Crippen molar-refractivity contribution >= 4 is 25.8 Å². The first-order chi connectivity index (χ1) is 5.13. The van der Waals surface area contributed by atoms with Crippen LogP contribution in [-0.4, -0.2) is 25.8 Å². The molecule has 11 heavy (non-hydrogen) atoms. The molecule has 0 amide bonds. The fourth-order valence-electron chi connectivity index (χ4n) is 1.67. The predicted molar refractivity (Wildman–Crippen MR) is 57.2 cm³/mol. The quantitative estimate of drug-likeness (QED) is 0.481. The Hall–Kier alpha value is 0.814. The van der Waals surface area contributed by atoms with E-state index in [1.165, 1.54) is 19.3 Å². The molecule has 1 aliphatic heterocycles. The van der Waals surface area contributed by atoms with Crippen LogP contribution in [0.1, 0.15) is 26.2 Å². The zero-order valence-electron chi connectivity index (χ0n) is 8.91. The van der Waals surface area contributed by atoms with Gasteiger partial charge in [-0.05, 0) is 5.54 Å². The van der Waals surface area contributed by atoms with E-state index in [0.717, 1.165) is 5.54 Å². The van der Waals surface area contributed by atoms with Crippen LogP contribution in [0.25, 0.3) is 0 Å². The molecule has 0 aliphatic carbocycles. The molecule has 0 radical (unpaired) electrons. The molecule has 0 aromatic rings. The zero-order valence-corrected chi connectivity index (χ0v) is 9.91. The van der Waals surface area contributed by atoms with Gasteiger partial charge >= 0.3 is 23.3 Å². The molecule has 0 nitrogen and oxygen atoms in total. The van der Waals surface area contributed by atoms with Crippen molar-refractivity contribution in [3.63, 3.8) is 0 Å². The van der Waals surface area contributed by atoms with E-state index < -0.39 is 8.07 Å². The fourth-order valence-corrected chi connectivity index (χ4v) is 4.31. The first-order valence-electron chi connectivity index (χ1n) is 5.13. The van der Waals surface area contributed by atoms with Gasteiger partial charge in [-0.1, -0.05) is 45.3 Å². The van der Waals surface area contributed by atoms with E-state index in [1.54, 1.807) is 6.04 Å². The first-order valence-corrected chi connectivity index (χ1v) is 8.41. The molecule has 1 unspecified atom stereocenters. The number of rotatable bonds is 0. The summed E-state index contributed by atoms with van der Waals surface area (Å²) in [6, 6.07) is 1.58. The van der Waals surface area contributed by atoms with Crippen molar-refractivity contribution in [3.8, 4) is 0 Å². The van der Waals surface area contributed by atoms with Gasteiger partial charge in [-0.2, -0.15) is 0 Å². The maximum absolute atomic E-state index is 2.54. The van der Waals surface area contributed by atoms with Crippen molar-refractivity contribution in [2.24, 2.45) is 0 Å². The third-order valence-corrected chi connectivity index (χ3v) is 7.64. The fraction of sp³-hybridized carbons (Fsp3) is 1.00. The van der Waals surface area contributed by atoms with E-state index in [2.05, 4.69) is 20.0 Å². The molecule has 1 fully saturated rings. The Morgan fingerprint density at radius 2 is 1.73 bits per heavy atom. The van der Waals surface area contributed by atoms with Crippen LogP contribution >= 0.6 is 0 Å². The van der Waals surface area contributed by atoms with Crippen molar-refractivity contribution in [3.05, 3.63) is 0 Å². The second-order valence-electron chi connectivity index (χ2n) is 4.14. The van der Waals surface area contributed by atoms with Crippen molar-refractivity contribution in [2.75, 3.05) is 0 Å². The van der Waals surface area contributed by atoms with Crippen LogP contribution in [0.5, 0.6) is 0 Å². The normalized spacial score (nSPS) is 28.7. The minimum absolute atomic E-state index is 0.694. The molecule has 2 heteroatoms. The Morgan fingerprint density at radius 3 is 2.00 bits per heavy atom. The van der Waals surface area contributed by atoms with Crippen LogP contribution in [0.3, 0.4) is 0 Å². The Labute approximate surface area is 82.4 Å². The van der Waals surface area contributed by atoms with Crippen LogP contribution in [0.2, 0.25) is 30.3 Å². The van der Waals surface area contributed by atoms with Gasteiger partial charge in [0.2, 0.25) is 0 Å². The summed E-state index contributed by atoms with van der Waals surface area (Å²) in [5, 5.41) is 0. The molecule has 1 aliphatic rings. The van der Waals surface area contributed by atoms with Gasteiger partial charge in [-0.15, -0.1) is 0 Å². The van der Waals surface area contributed by atoms with E-state index >= 15 is 0 Å². The third-order valence-electron chi connectivity index (χ3n) is 3.04. The summed E-state index contributed by atoms with van der Waals surface area (Å²) in [6.07, 6.45) is 4.53. The first kappa shape index (κ1) is 11.8. The van der Waals surface area contributed by atoms with Crippen LogP contribution in [0.4, 0.5) is 0 Å². The number of hydrogen-bond donors (Lipinski definition) is 0.